The second-order valence-corrected chi connectivity index (χ2v) is 4.86. The molecule has 0 aliphatic heterocycles. The number of hydrogen-bond donors (Lipinski definition) is 1. The van der Waals surface area contributed by atoms with Gasteiger partial charge in [-0.2, -0.15) is 0 Å². The van der Waals surface area contributed by atoms with Crippen LogP contribution in [-0.2, 0) is 9.47 Å². The minimum absolute atomic E-state index is 0.299. The molecule has 0 aliphatic rings. The predicted molar refractivity (Wildman–Crippen MR) is 89.5 cm³/mol. The van der Waals surface area contributed by atoms with Crippen LogP contribution >= 0.6 is 0 Å². The Hall–Kier alpha value is -2.86. The van der Waals surface area contributed by atoms with Gasteiger partial charge in [-0.1, -0.05) is 12.1 Å². The predicted octanol–water partition coefficient (Wildman–Crippen LogP) is 2.75. The van der Waals surface area contributed by atoms with E-state index in [1.807, 2.05) is 0 Å². The second-order valence-electron chi connectivity index (χ2n) is 4.86. The van der Waals surface area contributed by atoms with Crippen LogP contribution in [0.2, 0.25) is 0 Å². The Labute approximate surface area is 140 Å². The Balaban J connectivity index is 2.06. The molecular formula is C18H19NO5. The summed E-state index contributed by atoms with van der Waals surface area (Å²) in [5, 5.41) is 2.71. The molecule has 0 bridgehead atoms. The highest BCUT2D eigenvalue weighted by molar-refractivity contribution is 6.08. The van der Waals surface area contributed by atoms with Gasteiger partial charge in [0.2, 0.25) is 0 Å². The zero-order valence-corrected chi connectivity index (χ0v) is 13.6. The summed E-state index contributed by atoms with van der Waals surface area (Å²) in [5.74, 6) is -0.179. The molecule has 1 amide bonds. The van der Waals surface area contributed by atoms with Gasteiger partial charge in [0.25, 0.3) is 5.91 Å². The molecule has 1 N–H and O–H groups in total. The van der Waals surface area contributed by atoms with Gasteiger partial charge in [0.15, 0.2) is 0 Å². The molecule has 2 aromatic rings. The molecular weight excluding hydrogens is 310 g/mol. The van der Waals surface area contributed by atoms with Crippen LogP contribution < -0.4 is 10.1 Å². The fourth-order valence-electron chi connectivity index (χ4n) is 2.02. The van der Waals surface area contributed by atoms with E-state index in [0.29, 0.717) is 35.8 Å². The quantitative estimate of drug-likeness (QED) is 0.624. The molecule has 0 fully saturated rings. The Bertz CT molecular complexity index is 697. The molecule has 6 nitrogen and oxygen atoms in total. The first-order chi connectivity index (χ1) is 11.7. The average molecular weight is 329 g/mol. The highest BCUT2D eigenvalue weighted by Gasteiger charge is 2.14. The molecule has 0 saturated heterocycles. The number of carbonyl (C=O) groups excluding carboxylic acids is 2. The first-order valence-corrected chi connectivity index (χ1v) is 7.36. The lowest BCUT2D eigenvalue weighted by molar-refractivity contribution is 0.0602. The van der Waals surface area contributed by atoms with Crippen molar-refractivity contribution in [1.29, 1.82) is 0 Å². The van der Waals surface area contributed by atoms with E-state index < -0.39 is 5.97 Å². The number of para-hydroxylation sites is 1. The van der Waals surface area contributed by atoms with E-state index in [1.165, 1.54) is 7.11 Å². The first kappa shape index (κ1) is 17.5. The van der Waals surface area contributed by atoms with Crippen LogP contribution in [0.4, 0.5) is 5.69 Å². The van der Waals surface area contributed by atoms with Gasteiger partial charge in [-0.05, 0) is 36.4 Å². The lowest BCUT2D eigenvalue weighted by atomic mass is 10.1. The van der Waals surface area contributed by atoms with Gasteiger partial charge in [-0.25, -0.2) is 4.79 Å². The molecule has 2 rings (SSSR count). The van der Waals surface area contributed by atoms with E-state index in [9.17, 15) is 9.59 Å². The number of nitrogens with one attached hydrogen (secondary N) is 1. The van der Waals surface area contributed by atoms with Crippen molar-refractivity contribution in [2.24, 2.45) is 0 Å². The summed E-state index contributed by atoms with van der Waals surface area (Å²) >= 11 is 0. The van der Waals surface area contributed by atoms with Gasteiger partial charge in [-0.15, -0.1) is 0 Å². The number of esters is 1. The molecule has 0 heterocycles. The maximum absolute atomic E-state index is 12.3. The number of rotatable bonds is 7. The molecule has 6 heteroatoms. The summed E-state index contributed by atoms with van der Waals surface area (Å²) in [6, 6.07) is 13.4. The van der Waals surface area contributed by atoms with Crippen LogP contribution in [0.3, 0.4) is 0 Å². The number of amides is 1. The highest BCUT2D eigenvalue weighted by atomic mass is 16.5. The van der Waals surface area contributed by atoms with Crippen molar-refractivity contribution in [3.05, 3.63) is 59.7 Å². The number of hydrogen-bond acceptors (Lipinski definition) is 5. The summed E-state index contributed by atoms with van der Waals surface area (Å²) in [6.45, 7) is 0.932. The summed E-state index contributed by atoms with van der Waals surface area (Å²) in [6.07, 6.45) is 0. The van der Waals surface area contributed by atoms with E-state index >= 15 is 0 Å². The van der Waals surface area contributed by atoms with Crippen LogP contribution in [0.25, 0.3) is 0 Å². The fourth-order valence-corrected chi connectivity index (χ4v) is 2.02. The van der Waals surface area contributed by atoms with Crippen LogP contribution in [0, 0.1) is 0 Å². The Morgan fingerprint density at radius 3 is 2.33 bits per heavy atom. The monoisotopic (exact) mass is 329 g/mol. The van der Waals surface area contributed by atoms with Gasteiger partial charge in [0, 0.05) is 12.7 Å². The smallest absolute Gasteiger partial charge is 0.339 e. The van der Waals surface area contributed by atoms with Crippen molar-refractivity contribution < 1.29 is 23.8 Å². The third-order valence-electron chi connectivity index (χ3n) is 3.25. The number of methoxy groups -OCH3 is 2. The summed E-state index contributed by atoms with van der Waals surface area (Å²) in [7, 11) is 2.90. The number of carbonyl (C=O) groups is 2. The lowest BCUT2D eigenvalue weighted by Crippen LogP contribution is -2.15. The number of anilines is 1. The van der Waals surface area contributed by atoms with E-state index in [2.05, 4.69) is 5.32 Å². The summed E-state index contributed by atoms with van der Waals surface area (Å²) in [4.78, 5) is 24.0. The molecule has 0 aliphatic carbocycles. The van der Waals surface area contributed by atoms with Crippen molar-refractivity contribution in [3.63, 3.8) is 0 Å². The molecule has 126 valence electrons. The molecule has 24 heavy (non-hydrogen) atoms. The number of benzene rings is 2. The van der Waals surface area contributed by atoms with Gasteiger partial charge >= 0.3 is 5.97 Å². The van der Waals surface area contributed by atoms with Crippen molar-refractivity contribution in [2.45, 2.75) is 0 Å². The zero-order chi connectivity index (χ0) is 17.4. The maximum Gasteiger partial charge on any atom is 0.339 e. The van der Waals surface area contributed by atoms with Crippen molar-refractivity contribution in [1.82, 2.24) is 0 Å². The van der Waals surface area contributed by atoms with Crippen molar-refractivity contribution >= 4 is 17.6 Å². The Kier molecular flexibility index (Phi) is 6.33. The van der Waals surface area contributed by atoms with E-state index in [0.717, 1.165) is 0 Å². The Morgan fingerprint density at radius 2 is 1.67 bits per heavy atom. The van der Waals surface area contributed by atoms with Crippen LogP contribution in [-0.4, -0.2) is 39.3 Å². The molecule has 0 radical (unpaired) electrons. The van der Waals surface area contributed by atoms with Gasteiger partial charge in [0.1, 0.15) is 12.4 Å². The minimum atomic E-state index is -0.507. The largest absolute Gasteiger partial charge is 0.491 e. The van der Waals surface area contributed by atoms with Gasteiger partial charge < -0.3 is 19.5 Å². The summed E-state index contributed by atoms with van der Waals surface area (Å²) in [5.41, 5.74) is 1.15. The third kappa shape index (κ3) is 4.57. The summed E-state index contributed by atoms with van der Waals surface area (Å²) < 4.78 is 15.1. The molecule has 0 unspecified atom stereocenters. The standard InChI is InChI=1S/C18H19NO5/c1-22-11-12-24-14-9-7-13(8-10-14)17(20)19-16-6-4-3-5-15(16)18(21)23-2/h3-10H,11-12H2,1-2H3,(H,19,20). The number of ether oxygens (including phenoxy) is 3. The normalized spacial score (nSPS) is 10.1. The maximum atomic E-state index is 12.3. The minimum Gasteiger partial charge on any atom is -0.491 e. The van der Waals surface area contributed by atoms with Crippen molar-refractivity contribution in [2.75, 3.05) is 32.8 Å². The second kappa shape index (κ2) is 8.69. The molecule has 0 aromatic heterocycles. The van der Waals surface area contributed by atoms with E-state index in [-0.39, 0.29) is 5.91 Å². The SMILES string of the molecule is COCCOc1ccc(C(=O)Nc2ccccc2C(=O)OC)cc1. The topological polar surface area (TPSA) is 73.9 Å². The highest BCUT2D eigenvalue weighted by Crippen LogP contribution is 2.18. The molecule has 2 aromatic carbocycles. The van der Waals surface area contributed by atoms with Crippen LogP contribution in [0.15, 0.2) is 48.5 Å². The fraction of sp³-hybridized carbons (Fsp3) is 0.222. The third-order valence-corrected chi connectivity index (χ3v) is 3.25. The van der Waals surface area contributed by atoms with E-state index in [4.69, 9.17) is 14.2 Å². The average Bonchev–Trinajstić information content (AvgIpc) is 2.62. The van der Waals surface area contributed by atoms with Gasteiger partial charge in [-0.3, -0.25) is 4.79 Å². The van der Waals surface area contributed by atoms with Gasteiger partial charge in [0.05, 0.1) is 25.0 Å². The zero-order valence-electron chi connectivity index (χ0n) is 13.6. The van der Waals surface area contributed by atoms with E-state index in [1.54, 1.807) is 55.6 Å². The lowest BCUT2D eigenvalue weighted by Gasteiger charge is -2.10. The first-order valence-electron chi connectivity index (χ1n) is 7.36. The molecule has 0 atom stereocenters. The van der Waals surface area contributed by atoms with Crippen LogP contribution in [0.5, 0.6) is 5.75 Å². The molecule has 0 spiro atoms. The molecule has 0 saturated carbocycles. The Morgan fingerprint density at radius 1 is 0.958 bits per heavy atom. The van der Waals surface area contributed by atoms with Crippen LogP contribution in [0.1, 0.15) is 20.7 Å². The van der Waals surface area contributed by atoms with Crippen molar-refractivity contribution in [3.8, 4) is 5.75 Å².